The Labute approximate surface area is 172 Å². The second-order valence-corrected chi connectivity index (χ2v) is 9.36. The summed E-state index contributed by atoms with van der Waals surface area (Å²) in [6, 6.07) is 10.8. The summed E-state index contributed by atoms with van der Waals surface area (Å²) in [5, 5.41) is 3.68. The van der Waals surface area contributed by atoms with Crippen LogP contribution in [0.3, 0.4) is 0 Å². The van der Waals surface area contributed by atoms with E-state index in [1.165, 1.54) is 28.5 Å². The number of aromatic nitrogens is 1. The van der Waals surface area contributed by atoms with Gasteiger partial charge in [-0.15, -0.1) is 0 Å². The number of nitrogens with zero attached hydrogens (tertiary/aromatic N) is 2. The highest BCUT2D eigenvalue weighted by atomic mass is 32.2. The van der Waals surface area contributed by atoms with Gasteiger partial charge in [0, 0.05) is 23.9 Å². The Hall–Kier alpha value is -1.96. The average Bonchev–Trinajstić information content (AvgIpc) is 3.05. The number of amides is 1. The van der Waals surface area contributed by atoms with Gasteiger partial charge in [-0.25, -0.2) is 13.7 Å². The highest BCUT2D eigenvalue weighted by molar-refractivity contribution is 7.97. The van der Waals surface area contributed by atoms with E-state index in [9.17, 15) is 9.18 Å². The third kappa shape index (κ3) is 4.37. The van der Waals surface area contributed by atoms with Gasteiger partial charge in [-0.3, -0.25) is 4.79 Å². The molecule has 0 spiro atoms. The Balaban J connectivity index is 1.34. The SMILES string of the molecule is Cc1cc(C)c2sc(NC(=O)C3CCN(Sc4cccc(F)c4)CC3)nc2c1. The lowest BCUT2D eigenvalue weighted by Gasteiger charge is -2.30. The summed E-state index contributed by atoms with van der Waals surface area (Å²) >= 11 is 3.09. The van der Waals surface area contributed by atoms with Gasteiger partial charge in [0.1, 0.15) is 5.82 Å². The molecular weight excluding hydrogens is 393 g/mol. The molecule has 7 heteroatoms. The van der Waals surface area contributed by atoms with E-state index in [0.29, 0.717) is 5.13 Å². The van der Waals surface area contributed by atoms with E-state index in [2.05, 4.69) is 40.6 Å². The van der Waals surface area contributed by atoms with Crippen molar-refractivity contribution in [2.45, 2.75) is 31.6 Å². The van der Waals surface area contributed by atoms with Crippen molar-refractivity contribution in [3.63, 3.8) is 0 Å². The van der Waals surface area contributed by atoms with E-state index < -0.39 is 0 Å². The van der Waals surface area contributed by atoms with E-state index in [1.807, 2.05) is 6.07 Å². The number of halogens is 1. The first-order valence-electron chi connectivity index (χ1n) is 9.35. The van der Waals surface area contributed by atoms with E-state index >= 15 is 0 Å². The normalized spacial score (nSPS) is 15.8. The first-order valence-corrected chi connectivity index (χ1v) is 10.9. The van der Waals surface area contributed by atoms with Crippen LogP contribution in [0.1, 0.15) is 24.0 Å². The van der Waals surface area contributed by atoms with Crippen LogP contribution in [-0.2, 0) is 4.79 Å². The lowest BCUT2D eigenvalue weighted by atomic mass is 9.97. The van der Waals surface area contributed by atoms with Gasteiger partial charge in [-0.05, 0) is 74.0 Å². The Kier molecular flexibility index (Phi) is 5.66. The summed E-state index contributed by atoms with van der Waals surface area (Å²) in [7, 11) is 0. The van der Waals surface area contributed by atoms with Gasteiger partial charge < -0.3 is 5.32 Å². The standard InChI is InChI=1S/C21H22FN3OS2/c1-13-10-14(2)19-18(11-13)23-21(27-19)24-20(26)15-6-8-25(9-7-15)28-17-5-3-4-16(22)12-17/h3-5,10-12,15H,6-9H2,1-2H3,(H,23,24,26). The molecule has 28 heavy (non-hydrogen) atoms. The Morgan fingerprint density at radius 1 is 1.25 bits per heavy atom. The summed E-state index contributed by atoms with van der Waals surface area (Å²) in [6.07, 6.45) is 1.58. The third-order valence-corrected chi connectivity index (χ3v) is 7.12. The van der Waals surface area contributed by atoms with E-state index in [-0.39, 0.29) is 17.6 Å². The quantitative estimate of drug-likeness (QED) is 0.579. The molecule has 0 saturated carbocycles. The molecule has 0 unspecified atom stereocenters. The van der Waals surface area contributed by atoms with E-state index in [1.54, 1.807) is 24.1 Å². The summed E-state index contributed by atoms with van der Waals surface area (Å²) in [5.74, 6) is -0.191. The second kappa shape index (κ2) is 8.19. The Morgan fingerprint density at radius 3 is 2.79 bits per heavy atom. The second-order valence-electron chi connectivity index (χ2n) is 7.19. The van der Waals surface area contributed by atoms with Crippen LogP contribution in [0.15, 0.2) is 41.3 Å². The predicted octanol–water partition coefficient (Wildman–Crippen LogP) is 5.41. The number of aryl methyl sites for hydroxylation is 2. The zero-order chi connectivity index (χ0) is 19.7. The van der Waals surface area contributed by atoms with Crippen LogP contribution < -0.4 is 5.32 Å². The molecule has 1 aliphatic rings. The van der Waals surface area contributed by atoms with Crippen LogP contribution in [0.5, 0.6) is 0 Å². The smallest absolute Gasteiger partial charge is 0.229 e. The zero-order valence-electron chi connectivity index (χ0n) is 15.9. The number of hydrogen-bond donors (Lipinski definition) is 1. The minimum atomic E-state index is -0.222. The van der Waals surface area contributed by atoms with Crippen LogP contribution in [0.2, 0.25) is 0 Å². The third-order valence-electron chi connectivity index (χ3n) is 4.91. The van der Waals surface area contributed by atoms with Gasteiger partial charge in [0.2, 0.25) is 5.91 Å². The number of anilines is 1. The molecule has 1 N–H and O–H groups in total. The maximum Gasteiger partial charge on any atom is 0.229 e. The molecule has 4 nitrogen and oxygen atoms in total. The van der Waals surface area contributed by atoms with Gasteiger partial charge in [0.25, 0.3) is 0 Å². The van der Waals surface area contributed by atoms with E-state index in [4.69, 9.17) is 0 Å². The van der Waals surface area contributed by atoms with E-state index in [0.717, 1.165) is 41.0 Å². The summed E-state index contributed by atoms with van der Waals surface area (Å²) in [6.45, 7) is 5.74. The van der Waals surface area contributed by atoms with Crippen molar-refractivity contribution in [1.29, 1.82) is 0 Å². The molecule has 2 aromatic carbocycles. The van der Waals surface area contributed by atoms with Gasteiger partial charge in [0.05, 0.1) is 10.2 Å². The fourth-order valence-electron chi connectivity index (χ4n) is 3.52. The number of fused-ring (bicyclic) bond motifs is 1. The molecule has 0 atom stereocenters. The highest BCUT2D eigenvalue weighted by Crippen LogP contribution is 2.32. The molecule has 1 aromatic heterocycles. The maximum atomic E-state index is 13.3. The first-order chi connectivity index (χ1) is 13.5. The lowest BCUT2D eigenvalue weighted by Crippen LogP contribution is -2.34. The fraction of sp³-hybridized carbons (Fsp3) is 0.333. The van der Waals surface area contributed by atoms with Crippen molar-refractivity contribution in [3.05, 3.63) is 53.3 Å². The van der Waals surface area contributed by atoms with Crippen molar-refractivity contribution in [3.8, 4) is 0 Å². The number of piperidine rings is 1. The van der Waals surface area contributed by atoms with Crippen molar-refractivity contribution < 1.29 is 9.18 Å². The molecule has 2 heterocycles. The molecule has 1 saturated heterocycles. The molecule has 3 aromatic rings. The minimum absolute atomic E-state index is 0.0146. The predicted molar refractivity (Wildman–Crippen MR) is 114 cm³/mol. The molecule has 0 aliphatic carbocycles. The lowest BCUT2D eigenvalue weighted by molar-refractivity contribution is -0.120. The Morgan fingerprint density at radius 2 is 2.04 bits per heavy atom. The van der Waals surface area contributed by atoms with Crippen molar-refractivity contribution >= 4 is 44.5 Å². The van der Waals surface area contributed by atoms with Crippen LogP contribution in [0, 0.1) is 25.6 Å². The molecule has 1 amide bonds. The number of rotatable bonds is 4. The molecule has 1 aliphatic heterocycles. The minimum Gasteiger partial charge on any atom is -0.302 e. The number of carbonyl (C=O) groups excluding carboxylic acids is 1. The molecule has 146 valence electrons. The maximum absolute atomic E-state index is 13.3. The van der Waals surface area contributed by atoms with Gasteiger partial charge in [-0.2, -0.15) is 0 Å². The van der Waals surface area contributed by atoms with Crippen LogP contribution in [0.25, 0.3) is 10.2 Å². The Bertz CT molecular complexity index is 1010. The number of nitrogens with one attached hydrogen (secondary N) is 1. The largest absolute Gasteiger partial charge is 0.302 e. The van der Waals surface area contributed by atoms with Crippen LogP contribution >= 0.6 is 23.3 Å². The van der Waals surface area contributed by atoms with Crippen LogP contribution in [-0.4, -0.2) is 28.3 Å². The average molecular weight is 416 g/mol. The van der Waals surface area contributed by atoms with Crippen molar-refractivity contribution in [2.24, 2.45) is 5.92 Å². The summed E-state index contributed by atoms with van der Waals surface area (Å²) in [4.78, 5) is 18.2. The molecule has 0 bridgehead atoms. The highest BCUT2D eigenvalue weighted by Gasteiger charge is 2.26. The number of carbonyl (C=O) groups is 1. The van der Waals surface area contributed by atoms with Crippen molar-refractivity contribution in [1.82, 2.24) is 9.29 Å². The topological polar surface area (TPSA) is 45.2 Å². The first kappa shape index (κ1) is 19.4. The van der Waals surface area contributed by atoms with Crippen molar-refractivity contribution in [2.75, 3.05) is 18.4 Å². The summed E-state index contributed by atoms with van der Waals surface area (Å²) < 4.78 is 16.7. The van der Waals surface area contributed by atoms with Gasteiger partial charge in [0.15, 0.2) is 5.13 Å². The van der Waals surface area contributed by atoms with Gasteiger partial charge >= 0.3 is 0 Å². The molecule has 0 radical (unpaired) electrons. The van der Waals surface area contributed by atoms with Crippen LogP contribution in [0.4, 0.5) is 9.52 Å². The number of benzene rings is 2. The monoisotopic (exact) mass is 415 g/mol. The molecule has 1 fully saturated rings. The molecule has 4 rings (SSSR count). The molecular formula is C21H22FN3OS2. The summed E-state index contributed by atoms with van der Waals surface area (Å²) in [5.41, 5.74) is 3.31. The fourth-order valence-corrected chi connectivity index (χ4v) is 5.43. The number of hydrogen-bond acceptors (Lipinski definition) is 5. The number of thiazole rings is 1. The van der Waals surface area contributed by atoms with Gasteiger partial charge in [-0.1, -0.05) is 23.5 Å². The zero-order valence-corrected chi connectivity index (χ0v) is 17.5.